The summed E-state index contributed by atoms with van der Waals surface area (Å²) in [6, 6.07) is 0.273. The normalized spacial score (nSPS) is 44.9. The molecule has 4 heteroatoms. The van der Waals surface area contributed by atoms with E-state index >= 15 is 0 Å². The molecule has 1 saturated heterocycles. The number of hydrogen-bond donors (Lipinski definition) is 2. The average Bonchev–Trinajstić information content (AvgIpc) is 2.56. The summed E-state index contributed by atoms with van der Waals surface area (Å²) in [5, 5.41) is 3.15. The minimum Gasteiger partial charge on any atom is -0.374 e. The van der Waals surface area contributed by atoms with E-state index in [1.54, 1.807) is 0 Å². The molecule has 0 radical (unpaired) electrons. The van der Waals surface area contributed by atoms with Gasteiger partial charge < -0.3 is 15.8 Å². The highest BCUT2D eigenvalue weighted by Crippen LogP contribution is 2.32. The Balaban J connectivity index is 1.95. The lowest BCUT2D eigenvalue weighted by Crippen LogP contribution is -2.52. The van der Waals surface area contributed by atoms with Crippen molar-refractivity contribution in [1.82, 2.24) is 5.32 Å². The van der Waals surface area contributed by atoms with Crippen molar-refractivity contribution in [2.45, 2.75) is 70.7 Å². The van der Waals surface area contributed by atoms with E-state index in [-0.39, 0.29) is 42.0 Å². The smallest absolute Gasteiger partial charge is 0.226 e. The first-order chi connectivity index (χ1) is 8.50. The van der Waals surface area contributed by atoms with Gasteiger partial charge in [-0.25, -0.2) is 0 Å². The van der Waals surface area contributed by atoms with Gasteiger partial charge in [0.25, 0.3) is 0 Å². The molecule has 0 aromatic carbocycles. The van der Waals surface area contributed by atoms with Crippen molar-refractivity contribution in [1.29, 1.82) is 0 Å². The number of amides is 1. The number of ether oxygens (including phenoxy) is 1. The summed E-state index contributed by atoms with van der Waals surface area (Å²) in [6.45, 7) is 6.13. The summed E-state index contributed by atoms with van der Waals surface area (Å²) in [4.78, 5) is 12.4. The monoisotopic (exact) mass is 254 g/mol. The van der Waals surface area contributed by atoms with E-state index in [0.717, 1.165) is 12.8 Å². The van der Waals surface area contributed by atoms with Gasteiger partial charge in [0, 0.05) is 12.1 Å². The molecule has 0 aromatic heterocycles. The first-order valence-electron chi connectivity index (χ1n) is 7.22. The second kappa shape index (κ2) is 5.57. The average molecular weight is 254 g/mol. The van der Waals surface area contributed by atoms with E-state index in [1.165, 1.54) is 12.8 Å². The van der Waals surface area contributed by atoms with Crippen LogP contribution in [-0.4, -0.2) is 30.2 Å². The molecule has 2 rings (SSSR count). The lowest BCUT2D eigenvalue weighted by molar-refractivity contribution is -0.128. The third-order valence-corrected chi connectivity index (χ3v) is 4.69. The standard InChI is InChI=1S/C14H26N2O2/c1-8-9(2)18-10(3)13(8)14(17)16-12-7-5-4-6-11(12)15/h8-13H,4-7,15H2,1-3H3,(H,16,17)/t8?,9?,10?,11-,12-,13?/m1/s1. The van der Waals surface area contributed by atoms with Gasteiger partial charge in [-0.05, 0) is 32.6 Å². The topological polar surface area (TPSA) is 64.3 Å². The van der Waals surface area contributed by atoms with Crippen LogP contribution in [0.3, 0.4) is 0 Å². The molecular formula is C14H26N2O2. The molecule has 1 aliphatic carbocycles. The van der Waals surface area contributed by atoms with Gasteiger partial charge in [0.05, 0.1) is 18.1 Å². The molecule has 1 saturated carbocycles. The Morgan fingerprint density at radius 2 is 1.83 bits per heavy atom. The molecule has 1 amide bonds. The maximum absolute atomic E-state index is 12.4. The van der Waals surface area contributed by atoms with Crippen molar-refractivity contribution in [2.24, 2.45) is 17.6 Å². The molecule has 1 heterocycles. The number of rotatable bonds is 2. The van der Waals surface area contributed by atoms with E-state index in [4.69, 9.17) is 10.5 Å². The Morgan fingerprint density at radius 1 is 1.17 bits per heavy atom. The van der Waals surface area contributed by atoms with Gasteiger partial charge >= 0.3 is 0 Å². The molecule has 6 atom stereocenters. The Bertz CT molecular complexity index is 308. The zero-order chi connectivity index (χ0) is 13.3. The fourth-order valence-electron chi connectivity index (χ4n) is 3.34. The van der Waals surface area contributed by atoms with Crippen molar-refractivity contribution in [2.75, 3.05) is 0 Å². The van der Waals surface area contributed by atoms with Crippen molar-refractivity contribution in [3.05, 3.63) is 0 Å². The van der Waals surface area contributed by atoms with Crippen LogP contribution in [0, 0.1) is 11.8 Å². The predicted octanol–water partition coefficient (Wildman–Crippen LogP) is 1.43. The van der Waals surface area contributed by atoms with Gasteiger partial charge in [0.2, 0.25) is 5.91 Å². The first-order valence-corrected chi connectivity index (χ1v) is 7.22. The predicted molar refractivity (Wildman–Crippen MR) is 71.0 cm³/mol. The van der Waals surface area contributed by atoms with Crippen molar-refractivity contribution >= 4 is 5.91 Å². The molecule has 0 bridgehead atoms. The van der Waals surface area contributed by atoms with Gasteiger partial charge in [-0.3, -0.25) is 4.79 Å². The van der Waals surface area contributed by atoms with Crippen LogP contribution in [0.25, 0.3) is 0 Å². The summed E-state index contributed by atoms with van der Waals surface area (Å²) >= 11 is 0. The SMILES string of the molecule is CC1OC(C)C(C(=O)N[C@@H]2CCCC[C@H]2N)C1C. The summed E-state index contributed by atoms with van der Waals surface area (Å²) in [5.41, 5.74) is 6.08. The lowest BCUT2D eigenvalue weighted by Gasteiger charge is -2.31. The molecule has 0 spiro atoms. The minimum atomic E-state index is -0.0332. The zero-order valence-electron chi connectivity index (χ0n) is 11.7. The molecule has 2 aliphatic rings. The molecule has 2 fully saturated rings. The zero-order valence-corrected chi connectivity index (χ0v) is 11.7. The summed E-state index contributed by atoms with van der Waals surface area (Å²) in [7, 11) is 0. The van der Waals surface area contributed by atoms with Crippen LogP contribution in [0.4, 0.5) is 0 Å². The van der Waals surface area contributed by atoms with E-state index < -0.39 is 0 Å². The van der Waals surface area contributed by atoms with Gasteiger partial charge in [-0.1, -0.05) is 19.8 Å². The van der Waals surface area contributed by atoms with Gasteiger partial charge in [0.1, 0.15) is 0 Å². The van der Waals surface area contributed by atoms with Crippen molar-refractivity contribution < 1.29 is 9.53 Å². The Hall–Kier alpha value is -0.610. The van der Waals surface area contributed by atoms with Crippen molar-refractivity contribution in [3.8, 4) is 0 Å². The lowest BCUT2D eigenvalue weighted by atomic mass is 9.86. The van der Waals surface area contributed by atoms with Crippen LogP contribution in [0.15, 0.2) is 0 Å². The van der Waals surface area contributed by atoms with Crippen molar-refractivity contribution in [3.63, 3.8) is 0 Å². The second-order valence-electron chi connectivity index (χ2n) is 5.99. The molecule has 1 aliphatic heterocycles. The molecule has 0 aromatic rings. The molecule has 4 unspecified atom stereocenters. The van der Waals surface area contributed by atoms with E-state index in [2.05, 4.69) is 12.2 Å². The summed E-state index contributed by atoms with van der Waals surface area (Å²) < 4.78 is 5.73. The maximum Gasteiger partial charge on any atom is 0.226 e. The van der Waals surface area contributed by atoms with E-state index in [0.29, 0.717) is 0 Å². The van der Waals surface area contributed by atoms with Gasteiger partial charge in [-0.2, -0.15) is 0 Å². The number of carbonyl (C=O) groups is 1. The Kier molecular flexibility index (Phi) is 4.28. The third kappa shape index (κ3) is 2.69. The fraction of sp³-hybridized carbons (Fsp3) is 0.929. The van der Waals surface area contributed by atoms with Crippen LogP contribution in [-0.2, 0) is 9.53 Å². The second-order valence-corrected chi connectivity index (χ2v) is 5.99. The molecule has 4 nitrogen and oxygen atoms in total. The van der Waals surface area contributed by atoms with Crippen LogP contribution < -0.4 is 11.1 Å². The molecule has 18 heavy (non-hydrogen) atoms. The Labute approximate surface area is 110 Å². The highest BCUT2D eigenvalue weighted by molar-refractivity contribution is 5.80. The van der Waals surface area contributed by atoms with Crippen LogP contribution in [0.5, 0.6) is 0 Å². The van der Waals surface area contributed by atoms with Crippen LogP contribution in [0.2, 0.25) is 0 Å². The summed E-state index contributed by atoms with van der Waals surface area (Å²) in [6.07, 6.45) is 4.56. The highest BCUT2D eigenvalue weighted by Gasteiger charge is 2.42. The minimum absolute atomic E-state index is 0.00909. The van der Waals surface area contributed by atoms with E-state index in [9.17, 15) is 4.79 Å². The number of nitrogens with one attached hydrogen (secondary N) is 1. The van der Waals surface area contributed by atoms with Gasteiger partial charge in [-0.15, -0.1) is 0 Å². The number of carbonyl (C=O) groups excluding carboxylic acids is 1. The fourth-order valence-corrected chi connectivity index (χ4v) is 3.34. The number of nitrogens with two attached hydrogens (primary N) is 1. The maximum atomic E-state index is 12.4. The quantitative estimate of drug-likeness (QED) is 0.783. The third-order valence-electron chi connectivity index (χ3n) is 4.69. The molecule has 3 N–H and O–H groups in total. The largest absolute Gasteiger partial charge is 0.374 e. The van der Waals surface area contributed by atoms with Crippen LogP contribution >= 0.6 is 0 Å². The first kappa shape index (κ1) is 13.8. The summed E-state index contributed by atoms with van der Waals surface area (Å²) in [5.74, 6) is 0.371. The highest BCUT2D eigenvalue weighted by atomic mass is 16.5. The van der Waals surface area contributed by atoms with Gasteiger partial charge in [0.15, 0.2) is 0 Å². The Morgan fingerprint density at radius 3 is 2.39 bits per heavy atom. The van der Waals surface area contributed by atoms with Crippen LogP contribution in [0.1, 0.15) is 46.5 Å². The van der Waals surface area contributed by atoms with E-state index in [1.807, 2.05) is 13.8 Å². The molecular weight excluding hydrogens is 228 g/mol. The molecule has 104 valence electrons. The number of hydrogen-bond acceptors (Lipinski definition) is 3.